The zero-order valence-corrected chi connectivity index (χ0v) is 17.6. The number of ketones is 1. The molecule has 0 bridgehead atoms. The number of sulfonamides is 1. The lowest BCUT2D eigenvalue weighted by Gasteiger charge is -2.25. The summed E-state index contributed by atoms with van der Waals surface area (Å²) in [5, 5.41) is 5.17. The Hall–Kier alpha value is -2.71. The zero-order chi connectivity index (χ0) is 21.6. The Kier molecular flexibility index (Phi) is 7.53. The van der Waals surface area contributed by atoms with E-state index >= 15 is 0 Å². The minimum Gasteiger partial charge on any atom is -0.494 e. The Morgan fingerprint density at radius 2 is 1.76 bits per heavy atom. The molecule has 2 aromatic carbocycles. The summed E-state index contributed by atoms with van der Waals surface area (Å²) in [5.41, 5.74) is 1.17. The van der Waals surface area contributed by atoms with E-state index in [0.29, 0.717) is 23.5 Å². The van der Waals surface area contributed by atoms with Gasteiger partial charge in [0.2, 0.25) is 15.9 Å². The zero-order valence-electron chi connectivity index (χ0n) is 16.8. The summed E-state index contributed by atoms with van der Waals surface area (Å²) in [6.07, 6.45) is 0.142. The Morgan fingerprint density at radius 3 is 2.34 bits per heavy atom. The van der Waals surface area contributed by atoms with Gasteiger partial charge in [0.1, 0.15) is 5.75 Å². The maximum absolute atomic E-state index is 12.5. The van der Waals surface area contributed by atoms with Gasteiger partial charge < -0.3 is 9.64 Å². The lowest BCUT2D eigenvalue weighted by Crippen LogP contribution is -2.30. The fourth-order valence-electron chi connectivity index (χ4n) is 2.84. The number of nitrogens with zero attached hydrogens (tertiary/aromatic N) is 1. The molecule has 0 aliphatic carbocycles. The summed E-state index contributed by atoms with van der Waals surface area (Å²) in [4.78, 5) is 26.4. The number of hydrogen-bond donors (Lipinski definition) is 1. The van der Waals surface area contributed by atoms with Gasteiger partial charge in [-0.25, -0.2) is 13.6 Å². The van der Waals surface area contributed by atoms with E-state index in [9.17, 15) is 18.0 Å². The average Bonchev–Trinajstić information content (AvgIpc) is 2.71. The molecule has 0 saturated heterocycles. The molecule has 1 unspecified atom stereocenters. The molecular weight excluding hydrogens is 392 g/mol. The van der Waals surface area contributed by atoms with E-state index in [2.05, 4.69) is 0 Å². The van der Waals surface area contributed by atoms with Gasteiger partial charge in [-0.3, -0.25) is 9.59 Å². The summed E-state index contributed by atoms with van der Waals surface area (Å²) >= 11 is 0. The van der Waals surface area contributed by atoms with E-state index in [-0.39, 0.29) is 35.5 Å². The lowest BCUT2D eigenvalue weighted by atomic mass is 10.0. The van der Waals surface area contributed by atoms with Gasteiger partial charge in [-0.2, -0.15) is 0 Å². The Balaban J connectivity index is 1.98. The second kappa shape index (κ2) is 9.67. The van der Waals surface area contributed by atoms with E-state index < -0.39 is 10.0 Å². The van der Waals surface area contributed by atoms with E-state index in [1.807, 2.05) is 6.92 Å². The van der Waals surface area contributed by atoms with Crippen LogP contribution in [0.1, 0.15) is 48.7 Å². The molecule has 156 valence electrons. The van der Waals surface area contributed by atoms with Crippen LogP contribution in [0.4, 0.5) is 0 Å². The molecule has 2 aromatic rings. The highest BCUT2D eigenvalue weighted by molar-refractivity contribution is 7.89. The topological polar surface area (TPSA) is 107 Å². The van der Waals surface area contributed by atoms with Crippen LogP contribution in [0.25, 0.3) is 0 Å². The maximum atomic E-state index is 12.5. The quantitative estimate of drug-likeness (QED) is 0.630. The predicted octanol–water partition coefficient (Wildman–Crippen LogP) is 2.92. The fourth-order valence-corrected chi connectivity index (χ4v) is 3.40. The number of hydrogen-bond acceptors (Lipinski definition) is 5. The van der Waals surface area contributed by atoms with E-state index in [4.69, 9.17) is 9.88 Å². The van der Waals surface area contributed by atoms with Gasteiger partial charge in [-0.05, 0) is 55.8 Å². The first-order valence-corrected chi connectivity index (χ1v) is 10.8. The number of nitrogens with two attached hydrogens (primary N) is 1. The summed E-state index contributed by atoms with van der Waals surface area (Å²) in [5.74, 6) is 0.354. The largest absolute Gasteiger partial charge is 0.494 e. The van der Waals surface area contributed by atoms with Gasteiger partial charge in [0, 0.05) is 25.5 Å². The fraction of sp³-hybridized carbons (Fsp3) is 0.333. The molecule has 7 nitrogen and oxygen atoms in total. The van der Waals surface area contributed by atoms with Crippen molar-refractivity contribution in [3.05, 3.63) is 59.7 Å². The van der Waals surface area contributed by atoms with E-state index in [1.54, 1.807) is 50.4 Å². The smallest absolute Gasteiger partial charge is 0.238 e. The minimum atomic E-state index is -3.82. The normalized spacial score (nSPS) is 12.3. The van der Waals surface area contributed by atoms with Crippen LogP contribution in [0.5, 0.6) is 5.75 Å². The number of carbonyl (C=O) groups is 2. The third-order valence-electron chi connectivity index (χ3n) is 4.70. The molecule has 0 radical (unpaired) electrons. The average molecular weight is 419 g/mol. The van der Waals surface area contributed by atoms with Crippen LogP contribution in [0.2, 0.25) is 0 Å². The van der Waals surface area contributed by atoms with Crippen molar-refractivity contribution in [2.24, 2.45) is 5.14 Å². The second-order valence-corrected chi connectivity index (χ2v) is 8.24. The van der Waals surface area contributed by atoms with Crippen LogP contribution in [-0.2, 0) is 14.8 Å². The molecule has 29 heavy (non-hydrogen) atoms. The Labute approximate surface area is 171 Å². The Bertz CT molecular complexity index is 971. The van der Waals surface area contributed by atoms with E-state index in [0.717, 1.165) is 0 Å². The molecule has 0 fully saturated rings. The third-order valence-corrected chi connectivity index (χ3v) is 5.61. The monoisotopic (exact) mass is 418 g/mol. The number of benzene rings is 2. The summed E-state index contributed by atoms with van der Waals surface area (Å²) in [6, 6.07) is 12.6. The van der Waals surface area contributed by atoms with Crippen LogP contribution in [0, 0.1) is 0 Å². The molecule has 0 spiro atoms. The predicted molar refractivity (Wildman–Crippen MR) is 110 cm³/mol. The molecule has 8 heteroatoms. The summed E-state index contributed by atoms with van der Waals surface area (Å²) in [7, 11) is -2.20. The first-order valence-electron chi connectivity index (χ1n) is 9.28. The van der Waals surface area contributed by atoms with Crippen molar-refractivity contribution in [3.63, 3.8) is 0 Å². The highest BCUT2D eigenvalue weighted by Gasteiger charge is 2.20. The minimum absolute atomic E-state index is 0.00613. The third kappa shape index (κ3) is 6.13. The number of amides is 1. The van der Waals surface area contributed by atoms with Crippen LogP contribution < -0.4 is 9.88 Å². The molecule has 2 rings (SSSR count). The van der Waals surface area contributed by atoms with Crippen LogP contribution in [-0.4, -0.2) is 38.7 Å². The van der Waals surface area contributed by atoms with Crippen molar-refractivity contribution in [2.45, 2.75) is 37.6 Å². The van der Waals surface area contributed by atoms with Crippen LogP contribution >= 0.6 is 0 Å². The molecule has 0 aromatic heterocycles. The highest BCUT2D eigenvalue weighted by Crippen LogP contribution is 2.22. The number of rotatable bonds is 9. The molecule has 1 atom stereocenters. The van der Waals surface area contributed by atoms with Crippen molar-refractivity contribution >= 4 is 21.7 Å². The first-order chi connectivity index (χ1) is 13.6. The standard InChI is InChI=1S/C21H26N2O5S/c1-4-28-18-10-8-16(9-11-18)20(24)12-13-21(25)23(3)15(2)17-6-5-7-19(14-17)29(22,26)27/h5-11,14-15H,4,12-13H2,1-3H3,(H2,22,26,27). The molecule has 0 heterocycles. The van der Waals surface area contributed by atoms with Crippen molar-refractivity contribution in [1.29, 1.82) is 0 Å². The number of primary sulfonamides is 1. The highest BCUT2D eigenvalue weighted by atomic mass is 32.2. The summed E-state index contributed by atoms with van der Waals surface area (Å²) < 4.78 is 28.4. The molecule has 0 aliphatic heterocycles. The van der Waals surface area contributed by atoms with Gasteiger partial charge in [-0.1, -0.05) is 12.1 Å². The molecule has 1 amide bonds. The number of carbonyl (C=O) groups excluding carboxylic acids is 2. The lowest BCUT2D eigenvalue weighted by molar-refractivity contribution is -0.131. The van der Waals surface area contributed by atoms with E-state index in [1.165, 1.54) is 17.0 Å². The Morgan fingerprint density at radius 1 is 1.10 bits per heavy atom. The van der Waals surface area contributed by atoms with Crippen molar-refractivity contribution in [3.8, 4) is 5.75 Å². The van der Waals surface area contributed by atoms with Gasteiger partial charge in [0.15, 0.2) is 5.78 Å². The van der Waals surface area contributed by atoms with Crippen molar-refractivity contribution in [2.75, 3.05) is 13.7 Å². The number of ether oxygens (including phenoxy) is 1. The van der Waals surface area contributed by atoms with Gasteiger partial charge >= 0.3 is 0 Å². The first kappa shape index (κ1) is 22.6. The number of Topliss-reactive ketones (excluding diaryl/α,β-unsaturated/α-hetero) is 1. The van der Waals surface area contributed by atoms with Crippen molar-refractivity contribution < 1.29 is 22.7 Å². The molecule has 0 saturated carbocycles. The SMILES string of the molecule is CCOc1ccc(C(=O)CCC(=O)N(C)C(C)c2cccc(S(N)(=O)=O)c2)cc1. The molecule has 0 aliphatic rings. The molecular formula is C21H26N2O5S. The van der Waals surface area contributed by atoms with Crippen LogP contribution in [0.3, 0.4) is 0 Å². The van der Waals surface area contributed by atoms with Gasteiger partial charge in [0.05, 0.1) is 17.5 Å². The maximum Gasteiger partial charge on any atom is 0.238 e. The van der Waals surface area contributed by atoms with Crippen LogP contribution in [0.15, 0.2) is 53.4 Å². The van der Waals surface area contributed by atoms with Crippen molar-refractivity contribution in [1.82, 2.24) is 4.90 Å². The van der Waals surface area contributed by atoms with Gasteiger partial charge in [-0.15, -0.1) is 0 Å². The second-order valence-electron chi connectivity index (χ2n) is 6.68. The summed E-state index contributed by atoms with van der Waals surface area (Å²) in [6.45, 7) is 4.22. The van der Waals surface area contributed by atoms with Gasteiger partial charge in [0.25, 0.3) is 0 Å². The molecule has 2 N–H and O–H groups in total.